The maximum atomic E-state index is 13.0. The third kappa shape index (κ3) is 2.03. The first kappa shape index (κ1) is 11.0. The number of carbonyl (C=O) groups is 1. The van der Waals surface area contributed by atoms with Gasteiger partial charge in [0.05, 0.1) is 4.47 Å². The molecule has 0 radical (unpaired) electrons. The summed E-state index contributed by atoms with van der Waals surface area (Å²) in [4.78, 5) is 13.7. The Hall–Kier alpha value is -1.11. The Morgan fingerprint density at radius 3 is 2.57 bits per heavy atom. The second-order valence-electron chi connectivity index (χ2n) is 2.35. The smallest absolute Gasteiger partial charge is 0.283 e. The number of carbonyl (C=O) groups excluding carboxylic acids is 1. The van der Waals surface area contributed by atoms with E-state index in [2.05, 4.69) is 20.9 Å². The van der Waals surface area contributed by atoms with Crippen molar-refractivity contribution in [2.45, 2.75) is 6.43 Å². The number of primary amides is 1. The van der Waals surface area contributed by atoms with Crippen LogP contribution in [0.1, 0.15) is 22.6 Å². The molecule has 3 nitrogen and oxygen atoms in total. The van der Waals surface area contributed by atoms with Gasteiger partial charge in [-0.15, -0.1) is 0 Å². The van der Waals surface area contributed by atoms with Crippen LogP contribution >= 0.6 is 15.9 Å². The van der Waals surface area contributed by atoms with E-state index >= 15 is 0 Å². The summed E-state index contributed by atoms with van der Waals surface area (Å²) in [6.45, 7) is 0. The number of nitrogens with zero attached hydrogens (tertiary/aromatic N) is 1. The molecular formula is C7H4BrF3N2O. The maximum Gasteiger partial charge on any atom is 0.283 e. The SMILES string of the molecule is NC(=O)c1cc(Br)c(F)c(C(F)F)n1. The summed E-state index contributed by atoms with van der Waals surface area (Å²) in [6, 6.07) is 0.948. The topological polar surface area (TPSA) is 56.0 Å². The van der Waals surface area contributed by atoms with Crippen molar-refractivity contribution in [2.75, 3.05) is 0 Å². The zero-order valence-electron chi connectivity index (χ0n) is 6.60. The molecule has 1 heterocycles. The predicted molar refractivity (Wildman–Crippen MR) is 45.4 cm³/mol. The fourth-order valence-electron chi connectivity index (χ4n) is 0.788. The fraction of sp³-hybridized carbons (Fsp3) is 0.143. The summed E-state index contributed by atoms with van der Waals surface area (Å²) in [5.74, 6) is -2.18. The van der Waals surface area contributed by atoms with Crippen molar-refractivity contribution in [1.82, 2.24) is 4.98 Å². The Morgan fingerprint density at radius 1 is 1.57 bits per heavy atom. The summed E-state index contributed by atoms with van der Waals surface area (Å²) in [7, 11) is 0. The molecule has 2 N–H and O–H groups in total. The lowest BCUT2D eigenvalue weighted by Crippen LogP contribution is -2.15. The van der Waals surface area contributed by atoms with Gasteiger partial charge in [0.1, 0.15) is 11.4 Å². The van der Waals surface area contributed by atoms with Crippen LogP contribution in [0.3, 0.4) is 0 Å². The highest BCUT2D eigenvalue weighted by molar-refractivity contribution is 9.10. The third-order valence-electron chi connectivity index (χ3n) is 1.40. The number of hydrogen-bond acceptors (Lipinski definition) is 2. The third-order valence-corrected chi connectivity index (χ3v) is 1.98. The van der Waals surface area contributed by atoms with Gasteiger partial charge in [-0.3, -0.25) is 4.79 Å². The van der Waals surface area contributed by atoms with Gasteiger partial charge in [-0.25, -0.2) is 18.2 Å². The molecule has 1 aromatic heterocycles. The molecule has 0 fully saturated rings. The van der Waals surface area contributed by atoms with E-state index in [1.807, 2.05) is 0 Å². The van der Waals surface area contributed by atoms with Gasteiger partial charge in [-0.05, 0) is 22.0 Å². The fourth-order valence-corrected chi connectivity index (χ4v) is 1.21. The Bertz CT molecular complexity index is 383. The molecule has 76 valence electrons. The van der Waals surface area contributed by atoms with Crippen molar-refractivity contribution in [1.29, 1.82) is 0 Å². The van der Waals surface area contributed by atoms with Crippen LogP contribution < -0.4 is 5.73 Å². The van der Waals surface area contributed by atoms with Crippen LogP contribution in [-0.2, 0) is 0 Å². The lowest BCUT2D eigenvalue weighted by Gasteiger charge is -2.04. The van der Waals surface area contributed by atoms with Crippen LogP contribution in [0.5, 0.6) is 0 Å². The average molecular weight is 269 g/mol. The molecule has 1 amide bonds. The normalized spacial score (nSPS) is 10.6. The van der Waals surface area contributed by atoms with Crippen molar-refractivity contribution < 1.29 is 18.0 Å². The van der Waals surface area contributed by atoms with Gasteiger partial charge in [-0.2, -0.15) is 0 Å². The van der Waals surface area contributed by atoms with Gasteiger partial charge >= 0.3 is 0 Å². The highest BCUT2D eigenvalue weighted by atomic mass is 79.9. The molecule has 0 aliphatic heterocycles. The van der Waals surface area contributed by atoms with E-state index in [-0.39, 0.29) is 4.47 Å². The first-order valence-electron chi connectivity index (χ1n) is 3.37. The average Bonchev–Trinajstić information content (AvgIpc) is 2.08. The summed E-state index contributed by atoms with van der Waals surface area (Å²) in [6.07, 6.45) is -3.09. The van der Waals surface area contributed by atoms with Crippen molar-refractivity contribution in [2.24, 2.45) is 5.73 Å². The van der Waals surface area contributed by atoms with E-state index in [0.29, 0.717) is 0 Å². The van der Waals surface area contributed by atoms with Gasteiger partial charge in [0.2, 0.25) is 0 Å². The Kier molecular flexibility index (Phi) is 3.10. The van der Waals surface area contributed by atoms with Gasteiger partial charge in [-0.1, -0.05) is 0 Å². The van der Waals surface area contributed by atoms with Gasteiger partial charge in [0.25, 0.3) is 12.3 Å². The van der Waals surface area contributed by atoms with Crippen LogP contribution in [-0.4, -0.2) is 10.9 Å². The molecule has 0 bridgehead atoms. The molecule has 1 aromatic rings. The van der Waals surface area contributed by atoms with E-state index in [9.17, 15) is 18.0 Å². The zero-order valence-corrected chi connectivity index (χ0v) is 8.19. The highest BCUT2D eigenvalue weighted by Crippen LogP contribution is 2.25. The molecule has 14 heavy (non-hydrogen) atoms. The van der Waals surface area contributed by atoms with Gasteiger partial charge < -0.3 is 5.73 Å². The lowest BCUT2D eigenvalue weighted by molar-refractivity contribution is 0.0992. The number of alkyl halides is 2. The molecule has 1 rings (SSSR count). The van der Waals surface area contributed by atoms with Crippen molar-refractivity contribution >= 4 is 21.8 Å². The molecule has 7 heteroatoms. The molecule has 0 aromatic carbocycles. The number of hydrogen-bond donors (Lipinski definition) is 1. The summed E-state index contributed by atoms with van der Waals surface area (Å²) < 4.78 is 37.0. The summed E-state index contributed by atoms with van der Waals surface area (Å²) in [5, 5.41) is 0. The number of aromatic nitrogens is 1. The second kappa shape index (κ2) is 3.95. The summed E-state index contributed by atoms with van der Waals surface area (Å²) >= 11 is 2.68. The molecule has 0 saturated heterocycles. The molecule has 0 aliphatic carbocycles. The Morgan fingerprint density at radius 2 is 2.14 bits per heavy atom. The van der Waals surface area contributed by atoms with Crippen molar-refractivity contribution in [3.8, 4) is 0 Å². The van der Waals surface area contributed by atoms with Crippen LogP contribution in [0.4, 0.5) is 13.2 Å². The number of amides is 1. The Balaban J connectivity index is 3.35. The number of pyridine rings is 1. The quantitative estimate of drug-likeness (QED) is 0.892. The van der Waals surface area contributed by atoms with Crippen LogP contribution in [0.2, 0.25) is 0 Å². The van der Waals surface area contributed by atoms with Crippen molar-refractivity contribution in [3.63, 3.8) is 0 Å². The molecule has 0 saturated carbocycles. The van der Waals surface area contributed by atoms with E-state index in [4.69, 9.17) is 5.73 Å². The summed E-state index contributed by atoms with van der Waals surface area (Å²) in [5.41, 5.74) is 3.31. The predicted octanol–water partition coefficient (Wildman–Crippen LogP) is 2.02. The standard InChI is InChI=1S/C7H4BrF3N2O/c8-2-1-3(7(12)14)13-5(4(2)9)6(10)11/h1,6H,(H2,12,14). The van der Waals surface area contributed by atoms with Gasteiger partial charge in [0.15, 0.2) is 5.82 Å². The van der Waals surface area contributed by atoms with Crippen molar-refractivity contribution in [3.05, 3.63) is 27.7 Å². The van der Waals surface area contributed by atoms with E-state index in [1.165, 1.54) is 0 Å². The van der Waals surface area contributed by atoms with E-state index in [0.717, 1.165) is 6.07 Å². The van der Waals surface area contributed by atoms with E-state index in [1.54, 1.807) is 0 Å². The monoisotopic (exact) mass is 268 g/mol. The van der Waals surface area contributed by atoms with Crippen LogP contribution in [0, 0.1) is 5.82 Å². The molecule has 0 spiro atoms. The molecule has 0 atom stereocenters. The van der Waals surface area contributed by atoms with Gasteiger partial charge in [0, 0.05) is 0 Å². The molecular weight excluding hydrogens is 265 g/mol. The minimum atomic E-state index is -3.09. The maximum absolute atomic E-state index is 13.0. The molecule has 0 aliphatic rings. The van der Waals surface area contributed by atoms with E-state index < -0.39 is 29.5 Å². The first-order chi connectivity index (χ1) is 6.43. The largest absolute Gasteiger partial charge is 0.364 e. The van der Waals surface area contributed by atoms with Crippen LogP contribution in [0.15, 0.2) is 10.5 Å². The first-order valence-corrected chi connectivity index (χ1v) is 4.16. The molecule has 0 unspecified atom stereocenters. The minimum Gasteiger partial charge on any atom is -0.364 e. The number of rotatable bonds is 2. The lowest BCUT2D eigenvalue weighted by atomic mass is 10.3. The number of halogens is 4. The zero-order chi connectivity index (χ0) is 10.9. The second-order valence-corrected chi connectivity index (χ2v) is 3.21. The minimum absolute atomic E-state index is 0.267. The Labute approximate surface area is 85.2 Å². The number of nitrogens with two attached hydrogens (primary N) is 1. The van der Waals surface area contributed by atoms with Crippen LogP contribution in [0.25, 0.3) is 0 Å². The highest BCUT2D eigenvalue weighted by Gasteiger charge is 2.20.